The van der Waals surface area contributed by atoms with Gasteiger partial charge >= 0.3 is 17.9 Å². The molecule has 1 fully saturated rings. The molecule has 6 N–H and O–H groups in total. The highest BCUT2D eigenvalue weighted by atomic mass is 32.1. The molecule has 1 saturated heterocycles. The lowest BCUT2D eigenvalue weighted by Crippen LogP contribution is -2.50. The quantitative estimate of drug-likeness (QED) is 0.0245. The van der Waals surface area contributed by atoms with Crippen molar-refractivity contribution in [1.29, 1.82) is 0 Å². The number of nitrogens with zero attached hydrogens (tertiary/aromatic N) is 7. The number of carbonyl (C=O) groups is 10. The van der Waals surface area contributed by atoms with Crippen LogP contribution in [0.5, 0.6) is 5.75 Å². The number of carbonyl (C=O) groups excluding carboxylic acids is 10. The van der Waals surface area contributed by atoms with Crippen molar-refractivity contribution in [3.05, 3.63) is 172 Å². The first-order valence-electron chi connectivity index (χ1n) is 29.9. The largest absolute Gasteiger partial charge is 0.466 e. The van der Waals surface area contributed by atoms with E-state index >= 15 is 4.79 Å². The van der Waals surface area contributed by atoms with Gasteiger partial charge in [0.15, 0.2) is 11.6 Å². The number of benzene rings is 2. The Bertz CT molecular complexity index is 4640. The summed E-state index contributed by atoms with van der Waals surface area (Å²) in [5.41, 5.74) is 7.95. The lowest BCUT2D eigenvalue weighted by atomic mass is 9.90. The zero-order valence-corrected chi connectivity index (χ0v) is 57.5. The lowest BCUT2D eigenvalue weighted by Gasteiger charge is -2.26. The van der Waals surface area contributed by atoms with Crippen molar-refractivity contribution in [2.24, 2.45) is 11.7 Å². The molecule has 9 heterocycles. The standard InChI is InChI=1S/C66H58N12O14S6/c1-29(66(88)89-7)19-48(81)31(3)68-57(85)44-27-96-62(75-44)40-18-17-38-54(69-40)43-24-95-63(72-43)47-28-97-65(76-47)52(30(2)50-23-90-50)77-56(84)41(20-35-13-15-37(16-14-35)91-33(5)79)70-58(86)45-26-94-61(74-45)39(55(92-34(6)80)36-11-9-8-10-12-36)21-49(82)53-32(4)98-64(78-53)42(22-51(67)83)71-59(87)46-25-93-60(38)73-46/h8-18,24-28,30,39,41-42,50,52,55H,1,3,19-23H2,2,4-7H3,(H2,67,83)(H,68,85)(H,70,86)(H,71,87)(H,77,84)/t30-,39-,41-,42-,50-,52-,55+/m0/s1. The fourth-order valence-electron chi connectivity index (χ4n) is 10.4. The number of ketones is 2. The summed E-state index contributed by atoms with van der Waals surface area (Å²) in [6.45, 7) is 13.7. The molecule has 0 radical (unpaired) electrons. The zero-order chi connectivity index (χ0) is 69.6. The van der Waals surface area contributed by atoms with Crippen molar-refractivity contribution in [2.75, 3.05) is 13.7 Å². The van der Waals surface area contributed by atoms with Gasteiger partial charge < -0.3 is 45.9 Å². The number of thiazole rings is 6. The highest BCUT2D eigenvalue weighted by molar-refractivity contribution is 7.15. The van der Waals surface area contributed by atoms with Crippen LogP contribution in [0, 0.1) is 12.8 Å². The SMILES string of the molecule is C=C(CC(=O)C(=C)NC(=O)c1csc(-c2ccc3c(n2)-c2csc(n2)-c2csc(n2)[C@H]([C@@H](C)[C@@H]2CO2)NC(=O)[C@H](Cc2ccc(OC(C)=O)cc2)NC(=O)c2csc(n2)[C@H]([C@H](OC(C)=O)c2ccccc2)CC(=O)c2nc(sc2C)[C@H](CC(N)=O)NC(=O)c2csc-3n2)n1)C(=O)OC. The van der Waals surface area contributed by atoms with E-state index in [4.69, 9.17) is 49.8 Å². The number of aromatic nitrogens is 7. The van der Waals surface area contributed by atoms with Crippen molar-refractivity contribution in [1.82, 2.24) is 56.2 Å². The summed E-state index contributed by atoms with van der Waals surface area (Å²) >= 11 is 6.77. The summed E-state index contributed by atoms with van der Waals surface area (Å²) in [6.07, 6.45) is -2.70. The van der Waals surface area contributed by atoms with Gasteiger partial charge in [-0.3, -0.25) is 43.2 Å². The van der Waals surface area contributed by atoms with Crippen LogP contribution >= 0.6 is 68.0 Å². The minimum atomic E-state index is -1.28. The van der Waals surface area contributed by atoms with E-state index in [2.05, 4.69) is 44.1 Å². The summed E-state index contributed by atoms with van der Waals surface area (Å²) in [5.74, 6) is -7.97. The molecule has 11 rings (SSSR count). The number of nitrogens with two attached hydrogens (primary N) is 1. The number of ether oxygens (including phenoxy) is 4. The Morgan fingerprint density at radius 2 is 1.34 bits per heavy atom. The van der Waals surface area contributed by atoms with E-state index in [1.165, 1.54) is 52.7 Å². The molecule has 0 saturated carbocycles. The maximum Gasteiger partial charge on any atom is 0.333 e. The van der Waals surface area contributed by atoms with Crippen LogP contribution < -0.4 is 31.7 Å². The minimum absolute atomic E-state index is 0.0171. The number of amides is 5. The number of pyridine rings is 1. The second-order valence-corrected chi connectivity index (χ2v) is 28.1. The Hall–Kier alpha value is -10.1. The Labute approximate surface area is 582 Å². The molecule has 0 unspecified atom stereocenters. The van der Waals surface area contributed by atoms with Gasteiger partial charge in [0.2, 0.25) is 11.8 Å². The molecule has 7 atom stereocenters. The number of rotatable bonds is 17. The number of esters is 3. The molecule has 26 nitrogen and oxygen atoms in total. The van der Waals surface area contributed by atoms with Gasteiger partial charge in [-0.05, 0) is 42.3 Å². The molecule has 502 valence electrons. The number of aryl methyl sites for hydroxylation is 1. The lowest BCUT2D eigenvalue weighted by molar-refractivity contribution is -0.148. The smallest absolute Gasteiger partial charge is 0.333 e. The van der Waals surface area contributed by atoms with E-state index in [-0.39, 0.29) is 85.4 Å². The number of epoxide rings is 1. The van der Waals surface area contributed by atoms with Crippen molar-refractivity contribution >= 4 is 127 Å². The maximum atomic E-state index is 15.1. The van der Waals surface area contributed by atoms with Crippen molar-refractivity contribution in [2.45, 2.75) is 89.6 Å². The number of methoxy groups -OCH3 is 1. The van der Waals surface area contributed by atoms with E-state index in [0.717, 1.165) is 52.5 Å². The van der Waals surface area contributed by atoms with Crippen LogP contribution in [0.2, 0.25) is 0 Å². The van der Waals surface area contributed by atoms with Gasteiger partial charge in [0.05, 0.1) is 55.6 Å². The molecule has 98 heavy (non-hydrogen) atoms. The number of Topliss-reactive ketones (excluding diaryl/α,β-unsaturated/α-hetero) is 2. The van der Waals surface area contributed by atoms with Crippen LogP contribution in [0.4, 0.5) is 0 Å². The zero-order valence-electron chi connectivity index (χ0n) is 52.6. The fourth-order valence-corrected chi connectivity index (χ4v) is 15.7. The summed E-state index contributed by atoms with van der Waals surface area (Å²) in [4.78, 5) is 169. The van der Waals surface area contributed by atoms with E-state index in [9.17, 15) is 43.2 Å². The molecule has 5 amide bonds. The molecule has 7 aromatic heterocycles. The van der Waals surface area contributed by atoms with Crippen LogP contribution in [-0.2, 0) is 49.4 Å². The van der Waals surface area contributed by atoms with Gasteiger partial charge in [0.1, 0.15) is 87.8 Å². The van der Waals surface area contributed by atoms with Gasteiger partial charge in [-0.1, -0.05) is 62.5 Å². The molecular formula is C66H58N12O14S6. The molecule has 2 aromatic carbocycles. The average Bonchev–Trinajstić information content (AvgIpc) is 1.54. The van der Waals surface area contributed by atoms with Crippen molar-refractivity contribution < 1.29 is 66.9 Å². The average molecular weight is 1440 g/mol. The predicted octanol–water partition coefficient (Wildman–Crippen LogP) is 9.21. The van der Waals surface area contributed by atoms with Crippen LogP contribution in [0.3, 0.4) is 0 Å². The van der Waals surface area contributed by atoms with Crippen molar-refractivity contribution in [3.63, 3.8) is 0 Å². The normalized spacial score (nSPS) is 17.7. The molecule has 2 aliphatic rings. The van der Waals surface area contributed by atoms with Crippen LogP contribution in [0.25, 0.3) is 43.4 Å². The number of primary amides is 1. The van der Waals surface area contributed by atoms with E-state index in [1.54, 1.807) is 84.4 Å². The third-order valence-corrected chi connectivity index (χ3v) is 21.0. The van der Waals surface area contributed by atoms with Crippen LogP contribution in [-0.4, -0.2) is 120 Å². The molecule has 10 bridgehead atoms. The van der Waals surface area contributed by atoms with Gasteiger partial charge in [-0.2, -0.15) is 0 Å². The summed E-state index contributed by atoms with van der Waals surface area (Å²) in [7, 11) is 1.15. The summed E-state index contributed by atoms with van der Waals surface area (Å²) < 4.78 is 21.7. The summed E-state index contributed by atoms with van der Waals surface area (Å²) in [5, 5.41) is 21.3. The Morgan fingerprint density at radius 3 is 2.04 bits per heavy atom. The van der Waals surface area contributed by atoms with E-state index in [1.807, 2.05) is 6.92 Å². The van der Waals surface area contributed by atoms with Gasteiger partial charge in [0, 0.05) is 81.9 Å². The predicted molar refractivity (Wildman–Crippen MR) is 364 cm³/mol. The molecule has 32 heteroatoms. The second kappa shape index (κ2) is 30.1. The third kappa shape index (κ3) is 16.3. The van der Waals surface area contributed by atoms with Crippen LogP contribution in [0.1, 0.15) is 137 Å². The van der Waals surface area contributed by atoms with Crippen LogP contribution in [0.15, 0.2) is 118 Å². The topological polar surface area (TPSA) is 375 Å². The maximum absolute atomic E-state index is 15.1. The number of fused-ring (bicyclic) bond motifs is 14. The molecule has 2 aliphatic heterocycles. The summed E-state index contributed by atoms with van der Waals surface area (Å²) in [6, 6.07) is 15.3. The molecule has 0 spiro atoms. The Kier molecular flexibility index (Phi) is 21.3. The second-order valence-electron chi connectivity index (χ2n) is 22.5. The Balaban J connectivity index is 0.994. The number of allylic oxidation sites excluding steroid dienone is 1. The molecule has 9 aromatic rings. The minimum Gasteiger partial charge on any atom is -0.466 e. The highest BCUT2D eigenvalue weighted by Crippen LogP contribution is 2.43. The first-order valence-corrected chi connectivity index (χ1v) is 35.1. The monoisotopic (exact) mass is 1430 g/mol. The number of hydrogen-bond donors (Lipinski definition) is 5. The fraction of sp³-hybridized carbons (Fsp3) is 0.258. The van der Waals surface area contributed by atoms with Crippen molar-refractivity contribution in [3.8, 4) is 49.1 Å². The first-order chi connectivity index (χ1) is 47.0. The first kappa shape index (κ1) is 69.3. The van der Waals surface area contributed by atoms with E-state index in [0.29, 0.717) is 60.3 Å². The van der Waals surface area contributed by atoms with Gasteiger partial charge in [-0.25, -0.2) is 39.7 Å². The van der Waals surface area contributed by atoms with E-state index < -0.39 is 102 Å². The Morgan fingerprint density at radius 1 is 0.694 bits per heavy atom. The van der Waals surface area contributed by atoms with Gasteiger partial charge in [-0.15, -0.1) is 68.0 Å². The third-order valence-electron chi connectivity index (χ3n) is 15.4. The number of nitrogens with one attached hydrogen (secondary N) is 4. The highest BCUT2D eigenvalue weighted by Gasteiger charge is 2.40. The van der Waals surface area contributed by atoms with Gasteiger partial charge in [0.25, 0.3) is 17.7 Å². The molecular weight excluding hydrogens is 1380 g/mol. The molecule has 0 aliphatic carbocycles. The number of hydrogen-bond acceptors (Lipinski definition) is 27.